The Hall–Kier alpha value is -2.67. The highest BCUT2D eigenvalue weighted by molar-refractivity contribution is 7.75. The van der Waals surface area contributed by atoms with E-state index in [1.54, 1.807) is 36.4 Å². The molecule has 186 valence electrons. The van der Waals surface area contributed by atoms with E-state index in [-0.39, 0.29) is 11.5 Å². The van der Waals surface area contributed by atoms with E-state index in [1.807, 2.05) is 6.08 Å². The molecule has 2 aromatic rings. The van der Waals surface area contributed by atoms with E-state index in [9.17, 15) is 20.4 Å². The van der Waals surface area contributed by atoms with E-state index in [0.717, 1.165) is 5.56 Å². The zero-order chi connectivity index (χ0) is 24.8. The first-order valence-corrected chi connectivity index (χ1v) is 10.6. The molecule has 0 saturated carbocycles. The van der Waals surface area contributed by atoms with Crippen LogP contribution in [0.15, 0.2) is 30.3 Å². The Balaban J connectivity index is 1.86. The minimum atomic E-state index is -1.57. The number of ether oxygens (including phenoxy) is 5. The van der Waals surface area contributed by atoms with Crippen molar-refractivity contribution in [3.05, 3.63) is 41.5 Å². The van der Waals surface area contributed by atoms with Crippen LogP contribution in [0.2, 0.25) is 0 Å². The topological polar surface area (TPSA) is 136 Å². The Kier molecular flexibility index (Phi) is 8.89. The average Bonchev–Trinajstić information content (AvgIpc) is 2.86. The Morgan fingerprint density at radius 3 is 2.00 bits per heavy atom. The zero-order valence-electron chi connectivity index (χ0n) is 18.8. The van der Waals surface area contributed by atoms with E-state index >= 15 is 0 Å². The molecule has 0 aromatic heterocycles. The number of thiol groups is 1. The molecule has 5 unspecified atom stereocenters. The average molecular weight is 497 g/mol. The van der Waals surface area contributed by atoms with Crippen LogP contribution in [0.3, 0.4) is 0 Å². The van der Waals surface area contributed by atoms with Gasteiger partial charge < -0.3 is 48.3 Å². The van der Waals surface area contributed by atoms with Crippen molar-refractivity contribution in [2.75, 3.05) is 27.9 Å². The lowest BCUT2D eigenvalue weighted by Crippen LogP contribution is -2.60. The minimum absolute atomic E-state index is 0.159. The third kappa shape index (κ3) is 5.52. The van der Waals surface area contributed by atoms with Crippen molar-refractivity contribution in [2.24, 2.45) is 0 Å². The lowest BCUT2D eigenvalue weighted by molar-refractivity contribution is -0.277. The summed E-state index contributed by atoms with van der Waals surface area (Å²) >= 11 is 3.82. The number of methoxy groups -OCH3 is 3. The van der Waals surface area contributed by atoms with Crippen molar-refractivity contribution < 1.29 is 48.3 Å². The largest absolute Gasteiger partial charge is 0.493 e. The minimum Gasteiger partial charge on any atom is -0.493 e. The molecule has 11 heteroatoms. The first-order chi connectivity index (χ1) is 16.4. The van der Waals surface area contributed by atoms with Gasteiger partial charge in [-0.3, -0.25) is 0 Å². The van der Waals surface area contributed by atoms with Crippen LogP contribution >= 0.6 is 12.9 Å². The molecule has 34 heavy (non-hydrogen) atoms. The van der Waals surface area contributed by atoms with Gasteiger partial charge in [0.1, 0.15) is 24.4 Å². The molecule has 1 heterocycles. The Morgan fingerprint density at radius 2 is 1.44 bits per heavy atom. The molecule has 4 N–H and O–H groups in total. The van der Waals surface area contributed by atoms with Gasteiger partial charge in [0.2, 0.25) is 12.0 Å². The van der Waals surface area contributed by atoms with Gasteiger partial charge >= 0.3 is 0 Å². The van der Waals surface area contributed by atoms with Gasteiger partial charge in [-0.15, -0.1) is 0 Å². The lowest BCUT2D eigenvalue weighted by Gasteiger charge is -2.39. The van der Waals surface area contributed by atoms with Crippen molar-refractivity contribution in [3.8, 4) is 28.7 Å². The van der Waals surface area contributed by atoms with Crippen LogP contribution < -0.4 is 23.1 Å². The molecule has 10 nitrogen and oxygen atoms in total. The predicted octanol–water partition coefficient (Wildman–Crippen LogP) is 1.29. The predicted molar refractivity (Wildman–Crippen MR) is 125 cm³/mol. The fourth-order valence-corrected chi connectivity index (χ4v) is 3.63. The van der Waals surface area contributed by atoms with Crippen LogP contribution in [0, 0.1) is 0 Å². The van der Waals surface area contributed by atoms with Gasteiger partial charge in [0.15, 0.2) is 23.0 Å². The smallest absolute Gasteiger partial charge is 0.229 e. The maximum absolute atomic E-state index is 10.3. The first-order valence-electron chi connectivity index (χ1n) is 10.3. The molecule has 1 fully saturated rings. The van der Waals surface area contributed by atoms with E-state index in [0.29, 0.717) is 22.8 Å². The van der Waals surface area contributed by atoms with E-state index in [2.05, 4.69) is 12.9 Å². The highest BCUT2D eigenvalue weighted by atomic mass is 32.1. The monoisotopic (exact) mass is 496 g/mol. The van der Waals surface area contributed by atoms with E-state index in [1.165, 1.54) is 21.3 Å². The van der Waals surface area contributed by atoms with Gasteiger partial charge in [-0.1, -0.05) is 18.2 Å². The third-order valence-electron chi connectivity index (χ3n) is 5.31. The van der Waals surface area contributed by atoms with Crippen LogP contribution in [0.4, 0.5) is 0 Å². The van der Waals surface area contributed by atoms with Gasteiger partial charge in [0.05, 0.1) is 27.9 Å². The number of hydrogen-bond acceptors (Lipinski definition) is 11. The number of aliphatic hydroxyl groups is 4. The number of aliphatic hydroxyl groups excluding tert-OH is 4. The fraction of sp³-hybridized carbons (Fsp3) is 0.391. The summed E-state index contributed by atoms with van der Waals surface area (Å²) in [5.74, 6) is 1.88. The molecule has 1 aliphatic heterocycles. The molecule has 1 aliphatic rings. The molecule has 1 saturated heterocycles. The highest BCUT2D eigenvalue weighted by Crippen LogP contribution is 2.39. The fourth-order valence-electron chi connectivity index (χ4n) is 3.48. The lowest BCUT2D eigenvalue weighted by atomic mass is 9.99. The molecule has 2 aromatic carbocycles. The van der Waals surface area contributed by atoms with Gasteiger partial charge in [-0.05, 0) is 35.4 Å². The second-order valence-electron chi connectivity index (χ2n) is 7.40. The summed E-state index contributed by atoms with van der Waals surface area (Å²) in [6.07, 6.45) is -3.49. The summed E-state index contributed by atoms with van der Waals surface area (Å²) in [4.78, 5) is 0. The van der Waals surface area contributed by atoms with Crippen molar-refractivity contribution in [1.82, 2.24) is 0 Å². The van der Waals surface area contributed by atoms with Crippen molar-refractivity contribution >= 4 is 25.1 Å². The van der Waals surface area contributed by atoms with Crippen LogP contribution in [-0.4, -0.2) is 79.1 Å². The summed E-state index contributed by atoms with van der Waals surface area (Å²) in [5, 5.41) is 39.6. The van der Waals surface area contributed by atoms with Gasteiger partial charge in [-0.25, -0.2) is 0 Å². The molecule has 0 radical (unpaired) electrons. The van der Waals surface area contributed by atoms with Crippen molar-refractivity contribution in [2.45, 2.75) is 30.7 Å². The van der Waals surface area contributed by atoms with Gasteiger partial charge in [0.25, 0.3) is 0 Å². The number of hydrogen-bond donors (Lipinski definition) is 5. The van der Waals surface area contributed by atoms with Gasteiger partial charge in [-0.2, -0.15) is 0 Å². The highest BCUT2D eigenvalue weighted by Gasteiger charge is 2.45. The normalized spacial score (nSPS) is 24.6. The second kappa shape index (κ2) is 11.6. The Morgan fingerprint density at radius 1 is 0.824 bits per heavy atom. The van der Waals surface area contributed by atoms with Crippen molar-refractivity contribution in [1.29, 1.82) is 0 Å². The zero-order valence-corrected chi connectivity index (χ0v) is 19.7. The summed E-state index contributed by atoms with van der Waals surface area (Å²) in [6.45, 7) is -0.571. The summed E-state index contributed by atoms with van der Waals surface area (Å²) in [7, 11) is 4.59. The van der Waals surface area contributed by atoms with Crippen LogP contribution in [-0.2, 0) is 4.74 Å². The van der Waals surface area contributed by atoms with Crippen LogP contribution in [0.25, 0.3) is 12.2 Å². The van der Waals surface area contributed by atoms with Crippen molar-refractivity contribution in [3.63, 3.8) is 0 Å². The number of rotatable bonds is 9. The molecular weight excluding hydrogens is 468 g/mol. The van der Waals surface area contributed by atoms with Gasteiger partial charge in [0, 0.05) is 12.9 Å². The molecule has 0 aliphatic carbocycles. The second-order valence-corrected chi connectivity index (χ2v) is 7.59. The van der Waals surface area contributed by atoms with E-state index < -0.39 is 37.3 Å². The Bertz CT molecular complexity index is 971. The molecule has 3 rings (SSSR count). The summed E-state index contributed by atoms with van der Waals surface area (Å²) in [5.41, 5.74) is 1.47. The van der Waals surface area contributed by atoms with E-state index in [4.69, 9.17) is 27.9 Å². The summed E-state index contributed by atoms with van der Waals surface area (Å²) in [6, 6.07) is 8.53. The SMILES string of the molecule is COc1cc(/C=C\c2ccc(OS)c(OC3OC(CO)C(O)C(O)C3O)c2)cc(OC)c1OC. The standard InChI is InChI=1S/C23H28O10S/c1-28-16-9-13(10-17(29-2)22(16)30-3)5-4-12-6-7-14(33-34)15(8-12)31-23-21(27)20(26)19(25)18(11-24)32-23/h4-10,18-21,23-27,34H,11H2,1-3H3/b5-4-. The first kappa shape index (κ1) is 25.9. The van der Waals surface area contributed by atoms with Crippen LogP contribution in [0.1, 0.15) is 11.1 Å². The molecular formula is C23H28O10S. The Labute approximate surface area is 202 Å². The maximum Gasteiger partial charge on any atom is 0.229 e. The maximum atomic E-state index is 10.3. The number of benzene rings is 2. The molecule has 5 atom stereocenters. The summed E-state index contributed by atoms with van der Waals surface area (Å²) < 4.78 is 32.2. The quantitative estimate of drug-likeness (QED) is 0.196. The molecule has 0 amide bonds. The molecule has 0 spiro atoms. The molecule has 0 bridgehead atoms. The third-order valence-corrected chi connectivity index (χ3v) is 5.51. The van der Waals surface area contributed by atoms with Crippen LogP contribution in [0.5, 0.6) is 28.7 Å².